The Hall–Kier alpha value is -1.31. The molecule has 2 heteroatoms. The van der Waals surface area contributed by atoms with Gasteiger partial charge in [0.2, 0.25) is 5.91 Å². The van der Waals surface area contributed by atoms with Gasteiger partial charge in [-0.2, -0.15) is 0 Å². The summed E-state index contributed by atoms with van der Waals surface area (Å²) < 4.78 is 0. The standard InChI is InChI=1S/C16H23NO/c1-5-6-10(2)8-14-13-9-11(3)7-12(4)15(13)17-16(14)18/h7,9-10,14H,5-6,8H2,1-4H3,(H,17,18). The largest absolute Gasteiger partial charge is 0.325 e. The van der Waals surface area contributed by atoms with Crippen LogP contribution in [0.15, 0.2) is 12.1 Å². The van der Waals surface area contributed by atoms with Crippen molar-refractivity contribution in [2.45, 2.75) is 52.9 Å². The van der Waals surface area contributed by atoms with Crippen molar-refractivity contribution < 1.29 is 4.79 Å². The molecule has 0 fully saturated rings. The maximum absolute atomic E-state index is 12.1. The average Bonchev–Trinajstić information content (AvgIpc) is 2.58. The molecular weight excluding hydrogens is 222 g/mol. The van der Waals surface area contributed by atoms with Gasteiger partial charge in [-0.3, -0.25) is 4.79 Å². The minimum atomic E-state index is 0.0557. The monoisotopic (exact) mass is 245 g/mol. The number of hydrogen-bond donors (Lipinski definition) is 1. The van der Waals surface area contributed by atoms with E-state index in [9.17, 15) is 4.79 Å². The topological polar surface area (TPSA) is 29.1 Å². The number of amides is 1. The third-order valence-electron chi connectivity index (χ3n) is 3.87. The van der Waals surface area contributed by atoms with E-state index in [2.05, 4.69) is 45.1 Å². The van der Waals surface area contributed by atoms with Crippen LogP contribution in [0.5, 0.6) is 0 Å². The van der Waals surface area contributed by atoms with E-state index in [0.717, 1.165) is 12.1 Å². The summed E-state index contributed by atoms with van der Waals surface area (Å²) >= 11 is 0. The average molecular weight is 245 g/mol. The van der Waals surface area contributed by atoms with Crippen LogP contribution in [0, 0.1) is 19.8 Å². The van der Waals surface area contributed by atoms with Gasteiger partial charge in [0.15, 0.2) is 0 Å². The Morgan fingerprint density at radius 3 is 2.72 bits per heavy atom. The number of rotatable bonds is 4. The molecule has 18 heavy (non-hydrogen) atoms. The molecule has 0 spiro atoms. The summed E-state index contributed by atoms with van der Waals surface area (Å²) in [5.41, 5.74) is 4.69. The second-order valence-electron chi connectivity index (χ2n) is 5.72. The van der Waals surface area contributed by atoms with Crippen molar-refractivity contribution in [1.29, 1.82) is 0 Å². The van der Waals surface area contributed by atoms with Gasteiger partial charge in [-0.15, -0.1) is 0 Å². The highest BCUT2D eigenvalue weighted by molar-refractivity contribution is 6.03. The minimum absolute atomic E-state index is 0.0557. The maximum atomic E-state index is 12.1. The van der Waals surface area contributed by atoms with Crippen LogP contribution in [-0.4, -0.2) is 5.91 Å². The second kappa shape index (κ2) is 5.13. The predicted octanol–water partition coefficient (Wildman–Crippen LogP) is 4.17. The first-order valence-electron chi connectivity index (χ1n) is 6.95. The predicted molar refractivity (Wildman–Crippen MR) is 76.0 cm³/mol. The maximum Gasteiger partial charge on any atom is 0.232 e. The van der Waals surface area contributed by atoms with Crippen LogP contribution >= 0.6 is 0 Å². The molecule has 1 aliphatic rings. The lowest BCUT2D eigenvalue weighted by molar-refractivity contribution is -0.117. The molecule has 1 amide bonds. The summed E-state index contributed by atoms with van der Waals surface area (Å²) in [6, 6.07) is 4.31. The molecule has 1 aromatic rings. The highest BCUT2D eigenvalue weighted by atomic mass is 16.2. The van der Waals surface area contributed by atoms with Gasteiger partial charge in [-0.05, 0) is 37.3 Å². The smallest absolute Gasteiger partial charge is 0.232 e. The normalized spacial score (nSPS) is 19.6. The van der Waals surface area contributed by atoms with Gasteiger partial charge in [0.05, 0.1) is 5.92 Å². The van der Waals surface area contributed by atoms with Crippen molar-refractivity contribution in [2.75, 3.05) is 5.32 Å². The summed E-state index contributed by atoms with van der Waals surface area (Å²) in [5.74, 6) is 0.847. The SMILES string of the molecule is CCCC(C)CC1C(=O)Nc2c(C)cc(C)cc21. The molecule has 2 atom stereocenters. The van der Waals surface area contributed by atoms with Gasteiger partial charge in [-0.1, -0.05) is 44.4 Å². The fourth-order valence-electron chi connectivity index (χ4n) is 3.04. The van der Waals surface area contributed by atoms with Gasteiger partial charge in [0, 0.05) is 5.69 Å². The Morgan fingerprint density at radius 1 is 1.33 bits per heavy atom. The van der Waals surface area contributed by atoms with Crippen molar-refractivity contribution in [3.63, 3.8) is 0 Å². The van der Waals surface area contributed by atoms with E-state index in [1.165, 1.54) is 29.5 Å². The van der Waals surface area contributed by atoms with Crippen LogP contribution < -0.4 is 5.32 Å². The van der Waals surface area contributed by atoms with E-state index in [4.69, 9.17) is 0 Å². The number of carbonyl (C=O) groups excluding carboxylic acids is 1. The number of nitrogens with one attached hydrogen (secondary N) is 1. The van der Waals surface area contributed by atoms with Crippen LogP contribution in [0.1, 0.15) is 55.7 Å². The quantitative estimate of drug-likeness (QED) is 0.847. The summed E-state index contributed by atoms with van der Waals surface area (Å²) in [5, 5.41) is 3.05. The summed E-state index contributed by atoms with van der Waals surface area (Å²) in [6.07, 6.45) is 3.36. The van der Waals surface area contributed by atoms with Gasteiger partial charge < -0.3 is 5.32 Å². The Kier molecular flexibility index (Phi) is 3.74. The minimum Gasteiger partial charge on any atom is -0.325 e. The number of aryl methyl sites for hydroxylation is 2. The van der Waals surface area contributed by atoms with Crippen LogP contribution in [0.3, 0.4) is 0 Å². The molecule has 0 aromatic heterocycles. The molecule has 98 valence electrons. The van der Waals surface area contributed by atoms with E-state index in [1.807, 2.05) is 0 Å². The van der Waals surface area contributed by atoms with Crippen molar-refractivity contribution in [3.05, 3.63) is 28.8 Å². The molecule has 0 saturated carbocycles. The molecule has 0 radical (unpaired) electrons. The summed E-state index contributed by atoms with van der Waals surface area (Å²) in [4.78, 5) is 12.1. The van der Waals surface area contributed by atoms with Gasteiger partial charge in [0.1, 0.15) is 0 Å². The Labute approximate surface area is 110 Å². The van der Waals surface area contributed by atoms with Crippen LogP contribution in [0.25, 0.3) is 0 Å². The molecule has 2 rings (SSSR count). The van der Waals surface area contributed by atoms with E-state index >= 15 is 0 Å². The molecular formula is C16H23NO. The van der Waals surface area contributed by atoms with Crippen molar-refractivity contribution in [2.24, 2.45) is 5.92 Å². The summed E-state index contributed by atoms with van der Waals surface area (Å²) in [7, 11) is 0. The summed E-state index contributed by atoms with van der Waals surface area (Å²) in [6.45, 7) is 8.62. The molecule has 0 aliphatic carbocycles. The highest BCUT2D eigenvalue weighted by Gasteiger charge is 2.32. The van der Waals surface area contributed by atoms with E-state index in [1.54, 1.807) is 0 Å². The first-order valence-corrected chi connectivity index (χ1v) is 6.95. The van der Waals surface area contributed by atoms with Gasteiger partial charge in [0.25, 0.3) is 0 Å². The molecule has 1 heterocycles. The van der Waals surface area contributed by atoms with E-state index in [-0.39, 0.29) is 11.8 Å². The second-order valence-corrected chi connectivity index (χ2v) is 5.72. The number of benzene rings is 1. The van der Waals surface area contributed by atoms with Gasteiger partial charge >= 0.3 is 0 Å². The first kappa shape index (κ1) is 13.1. The van der Waals surface area contributed by atoms with Crippen molar-refractivity contribution in [1.82, 2.24) is 0 Å². The van der Waals surface area contributed by atoms with Crippen LogP contribution in [0.4, 0.5) is 5.69 Å². The Morgan fingerprint density at radius 2 is 2.06 bits per heavy atom. The molecule has 1 aliphatic heterocycles. The Balaban J connectivity index is 2.27. The fraction of sp³-hybridized carbons (Fsp3) is 0.562. The fourth-order valence-corrected chi connectivity index (χ4v) is 3.04. The Bertz CT molecular complexity index is 464. The highest BCUT2D eigenvalue weighted by Crippen LogP contribution is 2.39. The number of hydrogen-bond acceptors (Lipinski definition) is 1. The van der Waals surface area contributed by atoms with Gasteiger partial charge in [-0.25, -0.2) is 0 Å². The van der Waals surface area contributed by atoms with E-state index < -0.39 is 0 Å². The molecule has 0 saturated heterocycles. The van der Waals surface area contributed by atoms with Crippen molar-refractivity contribution >= 4 is 11.6 Å². The molecule has 1 N–H and O–H groups in total. The van der Waals surface area contributed by atoms with Crippen molar-refractivity contribution in [3.8, 4) is 0 Å². The zero-order valence-electron chi connectivity index (χ0n) is 11.8. The molecule has 2 nitrogen and oxygen atoms in total. The zero-order valence-corrected chi connectivity index (χ0v) is 11.8. The van der Waals surface area contributed by atoms with Crippen LogP contribution in [0.2, 0.25) is 0 Å². The molecule has 0 bridgehead atoms. The third kappa shape index (κ3) is 2.43. The lowest BCUT2D eigenvalue weighted by Gasteiger charge is -2.15. The zero-order chi connectivity index (χ0) is 13.3. The number of carbonyl (C=O) groups is 1. The third-order valence-corrected chi connectivity index (χ3v) is 3.87. The number of anilines is 1. The lowest BCUT2D eigenvalue weighted by atomic mass is 9.87. The van der Waals surface area contributed by atoms with E-state index in [0.29, 0.717) is 5.92 Å². The molecule has 1 aromatic carbocycles. The van der Waals surface area contributed by atoms with Crippen LogP contribution in [-0.2, 0) is 4.79 Å². The first-order chi connectivity index (χ1) is 8.52. The molecule has 2 unspecified atom stereocenters. The lowest BCUT2D eigenvalue weighted by Crippen LogP contribution is -2.14. The number of fused-ring (bicyclic) bond motifs is 1.